The first-order chi connectivity index (χ1) is 13.4. The van der Waals surface area contributed by atoms with Crippen LogP contribution in [0.4, 0.5) is 5.69 Å². The Bertz CT molecular complexity index is 906. The zero-order valence-corrected chi connectivity index (χ0v) is 15.9. The Labute approximate surface area is 162 Å². The average Bonchev–Trinajstić information content (AvgIpc) is 2.71. The Hall–Kier alpha value is -3.68. The minimum absolute atomic E-state index is 0.0899. The van der Waals surface area contributed by atoms with E-state index in [-0.39, 0.29) is 17.0 Å². The monoisotopic (exact) mass is 387 g/mol. The van der Waals surface area contributed by atoms with Crippen molar-refractivity contribution in [2.75, 3.05) is 33.8 Å². The highest BCUT2D eigenvalue weighted by Gasteiger charge is 2.17. The van der Waals surface area contributed by atoms with Gasteiger partial charge in [0, 0.05) is 18.2 Å². The lowest BCUT2D eigenvalue weighted by molar-refractivity contribution is -0.111. The van der Waals surface area contributed by atoms with E-state index in [0.29, 0.717) is 22.8 Å². The minimum atomic E-state index is -1.21. The second-order valence-electron chi connectivity index (χ2n) is 5.49. The van der Waals surface area contributed by atoms with Crippen LogP contribution in [-0.2, 0) is 4.79 Å². The van der Waals surface area contributed by atoms with E-state index in [1.807, 2.05) is 0 Å². The summed E-state index contributed by atoms with van der Waals surface area (Å²) in [5.74, 6) is -0.0753. The molecule has 0 bridgehead atoms. The number of aromatic carboxylic acids is 1. The molecular formula is C20H21NO7. The third-order valence-electron chi connectivity index (χ3n) is 3.85. The van der Waals surface area contributed by atoms with E-state index >= 15 is 0 Å². The lowest BCUT2D eigenvalue weighted by Gasteiger charge is -2.13. The van der Waals surface area contributed by atoms with Crippen LogP contribution in [0, 0.1) is 0 Å². The smallest absolute Gasteiger partial charge is 0.337 e. The summed E-state index contributed by atoms with van der Waals surface area (Å²) in [6, 6.07) is 7.86. The molecule has 0 spiro atoms. The largest absolute Gasteiger partial charge is 0.493 e. The predicted molar refractivity (Wildman–Crippen MR) is 104 cm³/mol. The van der Waals surface area contributed by atoms with E-state index in [1.165, 1.54) is 46.6 Å². The van der Waals surface area contributed by atoms with Gasteiger partial charge in [0.15, 0.2) is 23.0 Å². The average molecular weight is 387 g/mol. The number of hydrogen-bond donors (Lipinski definition) is 2. The fourth-order valence-corrected chi connectivity index (χ4v) is 2.46. The van der Waals surface area contributed by atoms with Crippen LogP contribution >= 0.6 is 0 Å². The number of ether oxygens (including phenoxy) is 4. The van der Waals surface area contributed by atoms with Gasteiger partial charge in [-0.1, -0.05) is 6.07 Å². The van der Waals surface area contributed by atoms with E-state index in [4.69, 9.17) is 18.9 Å². The van der Waals surface area contributed by atoms with Gasteiger partial charge in [-0.2, -0.15) is 0 Å². The molecule has 0 saturated heterocycles. The molecule has 0 aliphatic heterocycles. The summed E-state index contributed by atoms with van der Waals surface area (Å²) >= 11 is 0. The van der Waals surface area contributed by atoms with E-state index in [1.54, 1.807) is 24.3 Å². The first-order valence-corrected chi connectivity index (χ1v) is 8.13. The summed E-state index contributed by atoms with van der Waals surface area (Å²) in [4.78, 5) is 23.8. The van der Waals surface area contributed by atoms with Crippen molar-refractivity contribution in [2.24, 2.45) is 0 Å². The van der Waals surface area contributed by atoms with Crippen molar-refractivity contribution in [1.82, 2.24) is 0 Å². The zero-order valence-electron chi connectivity index (χ0n) is 15.9. The molecule has 0 fully saturated rings. The van der Waals surface area contributed by atoms with Crippen LogP contribution in [-0.4, -0.2) is 45.4 Å². The van der Waals surface area contributed by atoms with Gasteiger partial charge >= 0.3 is 5.97 Å². The molecule has 8 nitrogen and oxygen atoms in total. The molecule has 0 atom stereocenters. The van der Waals surface area contributed by atoms with Crippen molar-refractivity contribution >= 4 is 23.6 Å². The second kappa shape index (κ2) is 9.31. The van der Waals surface area contributed by atoms with Crippen LogP contribution in [0.3, 0.4) is 0 Å². The molecule has 0 aliphatic rings. The molecule has 0 heterocycles. The Balaban J connectivity index is 2.25. The quantitative estimate of drug-likeness (QED) is 0.671. The van der Waals surface area contributed by atoms with Gasteiger partial charge in [-0.05, 0) is 23.8 Å². The standard InChI is InChI=1S/C20H21NO7/c1-25-15-7-5-12(9-16(15)26-2)6-8-19(22)21-14-11-18(28-4)17(27-3)10-13(14)20(23)24/h5-11H,1-4H3,(H,21,22)(H,23,24)/b8-6+. The Kier molecular flexibility index (Phi) is 6.86. The molecule has 2 aromatic carbocycles. The summed E-state index contributed by atoms with van der Waals surface area (Å²) < 4.78 is 20.6. The van der Waals surface area contributed by atoms with Gasteiger partial charge in [-0.3, -0.25) is 4.79 Å². The summed E-state index contributed by atoms with van der Waals surface area (Å²) in [6.07, 6.45) is 2.85. The van der Waals surface area contributed by atoms with Crippen molar-refractivity contribution in [3.8, 4) is 23.0 Å². The van der Waals surface area contributed by atoms with Gasteiger partial charge < -0.3 is 29.4 Å². The normalized spacial score (nSPS) is 10.4. The van der Waals surface area contributed by atoms with Gasteiger partial charge in [0.2, 0.25) is 5.91 Å². The topological polar surface area (TPSA) is 103 Å². The molecule has 148 valence electrons. The molecular weight excluding hydrogens is 366 g/mol. The molecule has 8 heteroatoms. The van der Waals surface area contributed by atoms with Crippen molar-refractivity contribution in [1.29, 1.82) is 0 Å². The van der Waals surface area contributed by atoms with Crippen molar-refractivity contribution < 1.29 is 33.6 Å². The second-order valence-corrected chi connectivity index (χ2v) is 5.49. The number of hydrogen-bond acceptors (Lipinski definition) is 6. The van der Waals surface area contributed by atoms with Gasteiger partial charge in [0.25, 0.3) is 0 Å². The summed E-state index contributed by atoms with van der Waals surface area (Å²) in [5, 5.41) is 11.9. The first kappa shape index (κ1) is 20.6. The van der Waals surface area contributed by atoms with Crippen LogP contribution in [0.15, 0.2) is 36.4 Å². The maximum atomic E-state index is 12.3. The lowest BCUT2D eigenvalue weighted by Crippen LogP contribution is -2.12. The van der Waals surface area contributed by atoms with Crippen molar-refractivity contribution in [3.05, 3.63) is 47.5 Å². The highest BCUT2D eigenvalue weighted by atomic mass is 16.5. The third kappa shape index (κ3) is 4.73. The highest BCUT2D eigenvalue weighted by molar-refractivity contribution is 6.06. The highest BCUT2D eigenvalue weighted by Crippen LogP contribution is 2.33. The predicted octanol–water partition coefficient (Wildman–Crippen LogP) is 3.07. The molecule has 0 radical (unpaired) electrons. The minimum Gasteiger partial charge on any atom is -0.493 e. The molecule has 0 saturated carbocycles. The van der Waals surface area contributed by atoms with Crippen LogP contribution < -0.4 is 24.3 Å². The zero-order chi connectivity index (χ0) is 20.7. The molecule has 0 aliphatic carbocycles. The SMILES string of the molecule is COc1ccc(/C=C/C(=O)Nc2cc(OC)c(OC)cc2C(=O)O)cc1OC. The van der Waals surface area contributed by atoms with Gasteiger partial charge in [-0.25, -0.2) is 4.79 Å². The maximum absolute atomic E-state index is 12.3. The molecule has 2 rings (SSSR count). The van der Waals surface area contributed by atoms with Gasteiger partial charge in [0.05, 0.1) is 39.7 Å². The van der Waals surface area contributed by atoms with Crippen LogP contribution in [0.25, 0.3) is 6.08 Å². The number of rotatable bonds is 8. The van der Waals surface area contributed by atoms with E-state index < -0.39 is 11.9 Å². The van der Waals surface area contributed by atoms with E-state index in [9.17, 15) is 14.7 Å². The van der Waals surface area contributed by atoms with Gasteiger partial charge in [-0.15, -0.1) is 0 Å². The van der Waals surface area contributed by atoms with E-state index in [0.717, 1.165) is 0 Å². The molecule has 0 unspecified atom stereocenters. The Morgan fingerprint density at radius 3 is 2.00 bits per heavy atom. The van der Waals surface area contributed by atoms with Crippen LogP contribution in [0.5, 0.6) is 23.0 Å². The molecule has 1 amide bonds. The number of anilines is 1. The number of carbonyl (C=O) groups is 2. The van der Waals surface area contributed by atoms with Crippen molar-refractivity contribution in [2.45, 2.75) is 0 Å². The maximum Gasteiger partial charge on any atom is 0.337 e. The molecule has 2 aromatic rings. The fraction of sp³-hybridized carbons (Fsp3) is 0.200. The third-order valence-corrected chi connectivity index (χ3v) is 3.85. The number of amides is 1. The van der Waals surface area contributed by atoms with E-state index in [2.05, 4.69) is 5.32 Å². The fourth-order valence-electron chi connectivity index (χ4n) is 2.46. The number of benzene rings is 2. The lowest BCUT2D eigenvalue weighted by atomic mass is 10.1. The number of carboxylic acid groups (broad SMARTS) is 1. The Morgan fingerprint density at radius 1 is 0.857 bits per heavy atom. The summed E-state index contributed by atoms with van der Waals surface area (Å²) in [5.41, 5.74) is 0.677. The number of nitrogens with one attached hydrogen (secondary N) is 1. The number of methoxy groups -OCH3 is 4. The summed E-state index contributed by atoms with van der Waals surface area (Å²) in [6.45, 7) is 0. The first-order valence-electron chi connectivity index (χ1n) is 8.13. The number of carboxylic acids is 1. The van der Waals surface area contributed by atoms with Crippen LogP contribution in [0.1, 0.15) is 15.9 Å². The van der Waals surface area contributed by atoms with Crippen molar-refractivity contribution in [3.63, 3.8) is 0 Å². The molecule has 0 aromatic heterocycles. The molecule has 28 heavy (non-hydrogen) atoms. The van der Waals surface area contributed by atoms with Crippen LogP contribution in [0.2, 0.25) is 0 Å². The Morgan fingerprint density at radius 2 is 1.43 bits per heavy atom. The summed E-state index contributed by atoms with van der Waals surface area (Å²) in [7, 11) is 5.86. The number of carbonyl (C=O) groups excluding carboxylic acids is 1. The molecule has 2 N–H and O–H groups in total. The van der Waals surface area contributed by atoms with Gasteiger partial charge in [0.1, 0.15) is 0 Å².